The molecule has 1 atom stereocenters. The molecule has 0 unspecified atom stereocenters. The lowest BCUT2D eigenvalue weighted by molar-refractivity contribution is -0.122. The molecule has 0 saturated carbocycles. The van der Waals surface area contributed by atoms with Gasteiger partial charge in [0.05, 0.1) is 0 Å². The van der Waals surface area contributed by atoms with Crippen LogP contribution in [-0.4, -0.2) is 12.0 Å². The zero-order valence-electron chi connectivity index (χ0n) is 12.9. The first-order valence-corrected chi connectivity index (χ1v) is 8.10. The molecule has 0 saturated heterocycles. The fourth-order valence-corrected chi connectivity index (χ4v) is 2.74. The van der Waals surface area contributed by atoms with E-state index < -0.39 is 6.10 Å². The van der Waals surface area contributed by atoms with Gasteiger partial charge in [-0.15, -0.1) is 0 Å². The second kappa shape index (κ2) is 7.43. The van der Waals surface area contributed by atoms with Gasteiger partial charge in [-0.05, 0) is 62.2 Å². The fourth-order valence-electron chi connectivity index (χ4n) is 2.10. The van der Waals surface area contributed by atoms with E-state index in [2.05, 4.69) is 5.32 Å². The molecule has 0 aliphatic heterocycles. The lowest BCUT2D eigenvalue weighted by Crippen LogP contribution is -2.30. The first-order valence-electron chi connectivity index (χ1n) is 6.96. The van der Waals surface area contributed by atoms with Crippen molar-refractivity contribution in [3.63, 3.8) is 0 Å². The van der Waals surface area contributed by atoms with Crippen molar-refractivity contribution in [2.24, 2.45) is 0 Å². The maximum absolute atomic E-state index is 12.2. The van der Waals surface area contributed by atoms with Crippen LogP contribution in [0.5, 0.6) is 5.75 Å². The van der Waals surface area contributed by atoms with E-state index in [9.17, 15) is 4.79 Å². The van der Waals surface area contributed by atoms with Crippen LogP contribution < -0.4 is 10.1 Å². The highest BCUT2D eigenvalue weighted by Gasteiger charge is 2.16. The van der Waals surface area contributed by atoms with Crippen LogP contribution in [0.3, 0.4) is 0 Å². The summed E-state index contributed by atoms with van der Waals surface area (Å²) in [5, 5.41) is 4.32. The molecule has 0 heterocycles. The number of ether oxygens (including phenoxy) is 1. The Labute approximate surface area is 150 Å². The smallest absolute Gasteiger partial charge is 0.265 e. The number of anilines is 1. The van der Waals surface area contributed by atoms with Crippen molar-refractivity contribution in [2.75, 3.05) is 5.32 Å². The Morgan fingerprint density at radius 2 is 1.52 bits per heavy atom. The number of hydrogen-bond acceptors (Lipinski definition) is 2. The molecule has 2 aromatic carbocycles. The lowest BCUT2D eigenvalue weighted by Gasteiger charge is -2.16. The number of hydrogen-bond donors (Lipinski definition) is 1. The van der Waals surface area contributed by atoms with Crippen LogP contribution in [0.1, 0.15) is 18.1 Å². The average molecular weight is 373 g/mol. The van der Waals surface area contributed by atoms with Gasteiger partial charge in [0.1, 0.15) is 5.75 Å². The van der Waals surface area contributed by atoms with E-state index in [0.717, 1.165) is 11.1 Å². The van der Waals surface area contributed by atoms with Gasteiger partial charge in [-0.3, -0.25) is 4.79 Å². The van der Waals surface area contributed by atoms with Crippen molar-refractivity contribution in [1.29, 1.82) is 0 Å². The molecule has 6 heteroatoms. The van der Waals surface area contributed by atoms with E-state index in [-0.39, 0.29) is 5.91 Å². The normalized spacial score (nSPS) is 11.9. The summed E-state index contributed by atoms with van der Waals surface area (Å²) in [5.41, 5.74) is 2.32. The molecule has 0 aliphatic carbocycles. The molecule has 1 amide bonds. The van der Waals surface area contributed by atoms with Gasteiger partial charge in [0.15, 0.2) is 6.10 Å². The molecule has 0 spiro atoms. The molecule has 1 N–H and O–H groups in total. The minimum atomic E-state index is -0.687. The Hall–Kier alpha value is -1.42. The zero-order valence-corrected chi connectivity index (χ0v) is 15.2. The van der Waals surface area contributed by atoms with E-state index in [0.29, 0.717) is 26.5 Å². The maximum atomic E-state index is 12.2. The highest BCUT2D eigenvalue weighted by molar-refractivity contribution is 6.35. The molecule has 0 bridgehead atoms. The quantitative estimate of drug-likeness (QED) is 0.751. The average Bonchev–Trinajstić information content (AvgIpc) is 2.43. The Morgan fingerprint density at radius 1 is 1.00 bits per heavy atom. The number of amides is 1. The summed E-state index contributed by atoms with van der Waals surface area (Å²) in [6, 6.07) is 8.44. The van der Waals surface area contributed by atoms with Gasteiger partial charge in [-0.2, -0.15) is 0 Å². The SMILES string of the molecule is Cc1cc(O[C@@H](C)C(=O)Nc2cc(Cl)cc(Cl)c2)cc(C)c1Cl. The van der Waals surface area contributed by atoms with Crippen LogP contribution in [0.2, 0.25) is 15.1 Å². The van der Waals surface area contributed by atoms with Crippen molar-refractivity contribution >= 4 is 46.4 Å². The standard InChI is InChI=1S/C17H16Cl3NO2/c1-9-4-15(5-10(2)16(9)20)23-11(3)17(22)21-14-7-12(18)6-13(19)8-14/h4-8,11H,1-3H3,(H,21,22)/t11-/m0/s1. The second-order valence-electron chi connectivity index (χ2n) is 5.28. The molecule has 3 nitrogen and oxygen atoms in total. The van der Waals surface area contributed by atoms with Crippen LogP contribution in [0, 0.1) is 13.8 Å². The highest BCUT2D eigenvalue weighted by atomic mass is 35.5. The van der Waals surface area contributed by atoms with Crippen LogP contribution in [0.15, 0.2) is 30.3 Å². The minimum Gasteiger partial charge on any atom is -0.481 e. The van der Waals surface area contributed by atoms with Crippen molar-refractivity contribution < 1.29 is 9.53 Å². The number of aryl methyl sites for hydroxylation is 2. The summed E-state index contributed by atoms with van der Waals surface area (Å²) in [7, 11) is 0. The first-order chi connectivity index (χ1) is 10.8. The predicted molar refractivity (Wildman–Crippen MR) is 96.1 cm³/mol. The number of carbonyl (C=O) groups excluding carboxylic acids is 1. The van der Waals surface area contributed by atoms with Gasteiger partial charge in [0, 0.05) is 20.8 Å². The summed E-state index contributed by atoms with van der Waals surface area (Å²) >= 11 is 18.0. The highest BCUT2D eigenvalue weighted by Crippen LogP contribution is 2.27. The monoisotopic (exact) mass is 371 g/mol. The second-order valence-corrected chi connectivity index (χ2v) is 6.53. The Balaban J connectivity index is 2.08. The maximum Gasteiger partial charge on any atom is 0.265 e. The van der Waals surface area contributed by atoms with E-state index in [1.807, 2.05) is 13.8 Å². The fraction of sp³-hybridized carbons (Fsp3) is 0.235. The Kier molecular flexibility index (Phi) is 5.79. The number of benzene rings is 2. The summed E-state index contributed by atoms with van der Waals surface area (Å²) in [4.78, 5) is 12.2. The number of rotatable bonds is 4. The van der Waals surface area contributed by atoms with Crippen LogP contribution in [0.25, 0.3) is 0 Å². The van der Waals surface area contributed by atoms with E-state index >= 15 is 0 Å². The molecule has 2 aromatic rings. The molecule has 2 rings (SSSR count). The largest absolute Gasteiger partial charge is 0.481 e. The Morgan fingerprint density at radius 3 is 2.04 bits per heavy atom. The van der Waals surface area contributed by atoms with Crippen molar-refractivity contribution in [2.45, 2.75) is 26.9 Å². The van der Waals surface area contributed by atoms with Gasteiger partial charge in [0.2, 0.25) is 0 Å². The summed E-state index contributed by atoms with van der Waals surface area (Å²) in [6.45, 7) is 5.45. The van der Waals surface area contributed by atoms with Gasteiger partial charge >= 0.3 is 0 Å². The topological polar surface area (TPSA) is 38.3 Å². The number of carbonyl (C=O) groups is 1. The summed E-state index contributed by atoms with van der Waals surface area (Å²) in [5.74, 6) is 0.296. The summed E-state index contributed by atoms with van der Waals surface area (Å²) in [6.07, 6.45) is -0.687. The minimum absolute atomic E-state index is 0.298. The van der Waals surface area contributed by atoms with E-state index in [4.69, 9.17) is 39.5 Å². The van der Waals surface area contributed by atoms with Crippen LogP contribution >= 0.6 is 34.8 Å². The zero-order chi connectivity index (χ0) is 17.1. The van der Waals surface area contributed by atoms with Gasteiger partial charge in [0.25, 0.3) is 5.91 Å². The predicted octanol–water partition coefficient (Wildman–Crippen LogP) is 5.67. The number of nitrogens with one attached hydrogen (secondary N) is 1. The molecular formula is C17H16Cl3NO2. The van der Waals surface area contributed by atoms with Crippen LogP contribution in [-0.2, 0) is 4.79 Å². The molecule has 0 aliphatic rings. The van der Waals surface area contributed by atoms with Crippen molar-refractivity contribution in [1.82, 2.24) is 0 Å². The molecule has 0 radical (unpaired) electrons. The van der Waals surface area contributed by atoms with E-state index in [1.165, 1.54) is 0 Å². The Bertz CT molecular complexity index is 703. The number of halogens is 3. The molecule has 23 heavy (non-hydrogen) atoms. The molecule has 0 aromatic heterocycles. The van der Waals surface area contributed by atoms with Gasteiger partial charge in [-0.25, -0.2) is 0 Å². The molecule has 122 valence electrons. The summed E-state index contributed by atoms with van der Waals surface area (Å²) < 4.78 is 5.69. The van der Waals surface area contributed by atoms with Crippen molar-refractivity contribution in [3.8, 4) is 5.75 Å². The first kappa shape index (κ1) is 17.9. The third-order valence-electron chi connectivity index (χ3n) is 3.22. The molecule has 0 fully saturated rings. The van der Waals surface area contributed by atoms with Crippen molar-refractivity contribution in [3.05, 3.63) is 56.5 Å². The van der Waals surface area contributed by atoms with E-state index in [1.54, 1.807) is 37.3 Å². The van der Waals surface area contributed by atoms with Gasteiger partial charge in [-0.1, -0.05) is 34.8 Å². The third kappa shape index (κ3) is 4.77. The third-order valence-corrected chi connectivity index (χ3v) is 4.25. The lowest BCUT2D eigenvalue weighted by atomic mass is 10.1. The van der Waals surface area contributed by atoms with Crippen LogP contribution in [0.4, 0.5) is 5.69 Å². The molecular weight excluding hydrogens is 357 g/mol. The van der Waals surface area contributed by atoms with Gasteiger partial charge < -0.3 is 10.1 Å².